The standard InChI is InChI=1S/C23H29N5O4.C12H18N2.C11H19N3.6HI.2V/c1-32-20-9-7-17(15-25-20)19(14-21(29)30)28-13-12-27(23(28)31)11-3-5-18-8-6-16-4-2-10-24-22(16)26-18;13-7-1-3-10-5-6-11-4-2-8-14-12(11)9-10;12-7-1-3-10-5-6-11(14-9-10)4-2-8-13;;;;;;;;/h6-9,15,19H,2-5,10-14H2,1H3,(H,24,26)(H,29,30);5-6,9,14H,1-4,7-8,13H2;5-6,9H,1-4,7-8,12-13H2;6*1H;;/q;;;;;;;;;+2;+3/p-5/t19-;;;;;;;;;;/m0........../s1. The Balaban J connectivity index is 0.000000365. The normalized spacial score (nSPS) is 13.6. The number of carbonyl (C=O) groups excluding carboxylic acids is 1. The molecule has 0 saturated carbocycles. The quantitative estimate of drug-likeness (QED) is 0.0514. The third kappa shape index (κ3) is 25.5. The number of nitrogens with zero attached hydrogens (tertiary/aromatic N) is 5. The van der Waals surface area contributed by atoms with Crippen molar-refractivity contribution in [2.75, 3.05) is 70.1 Å². The maximum absolute atomic E-state index is 13.0. The molecule has 3 aliphatic rings. The Morgan fingerprint density at radius 1 is 0.809 bits per heavy atom. The summed E-state index contributed by atoms with van der Waals surface area (Å²) in [7, 11) is 2.15. The van der Waals surface area contributed by atoms with Crippen LogP contribution in [-0.2, 0) is 57.7 Å². The van der Waals surface area contributed by atoms with Crippen LogP contribution >= 0.6 is 124 Å². The number of carbonyl (C=O) groups is 2. The predicted molar refractivity (Wildman–Crippen MR) is 324 cm³/mol. The number of rotatable bonds is 18. The molecule has 3 aromatic heterocycles. The van der Waals surface area contributed by atoms with Gasteiger partial charge in [-0.15, -0.1) is 24.0 Å². The monoisotopic (exact) mass is 1690 g/mol. The van der Waals surface area contributed by atoms with Crippen LogP contribution in [-0.4, -0.2) is 101 Å². The molecule has 3 aliphatic heterocycles. The number of hydrogen-bond donors (Lipinski definition) is 6. The minimum absolute atomic E-state index is 0. The Morgan fingerprint density at radius 3 is 2.03 bits per heavy atom. The van der Waals surface area contributed by atoms with E-state index in [4.69, 9.17) is 26.9 Å². The number of methoxy groups -OCH3 is 1. The number of amides is 2. The second kappa shape index (κ2) is 38.8. The number of aliphatic carboxylic acids is 1. The summed E-state index contributed by atoms with van der Waals surface area (Å²) in [5, 5.41) is 16.2. The number of carboxylic acid groups (broad SMARTS) is 1. The first-order valence-electron chi connectivity index (χ1n) is 22.6. The zero-order chi connectivity index (χ0) is 48.8. The summed E-state index contributed by atoms with van der Waals surface area (Å²) in [6, 6.07) is 18.0. The zero-order valence-electron chi connectivity index (χ0n) is 38.6. The number of anilines is 2. The van der Waals surface area contributed by atoms with Crippen LogP contribution in [0.1, 0.15) is 90.2 Å². The summed E-state index contributed by atoms with van der Waals surface area (Å²) >= 11 is 12.1. The van der Waals surface area contributed by atoms with Gasteiger partial charge in [0.25, 0.3) is 0 Å². The van der Waals surface area contributed by atoms with E-state index >= 15 is 0 Å². The molecule has 68 heavy (non-hydrogen) atoms. The predicted octanol–water partition coefficient (Wildman–Crippen LogP) is 10.6. The van der Waals surface area contributed by atoms with Gasteiger partial charge in [0.2, 0.25) is 5.88 Å². The van der Waals surface area contributed by atoms with Crippen molar-refractivity contribution in [1.82, 2.24) is 24.8 Å². The minimum atomic E-state index is -0.954. The van der Waals surface area contributed by atoms with Crippen LogP contribution < -0.4 is 32.6 Å². The fourth-order valence-electron chi connectivity index (χ4n) is 7.65. The summed E-state index contributed by atoms with van der Waals surface area (Å²) in [6.07, 6.45) is 15.9. The van der Waals surface area contributed by atoms with E-state index in [0.29, 0.717) is 40.5 Å². The molecule has 1 aromatic carbocycles. The van der Waals surface area contributed by atoms with E-state index in [-0.39, 0.29) is 41.3 Å². The van der Waals surface area contributed by atoms with E-state index in [1.807, 2.05) is 6.20 Å². The molecule has 7 rings (SSSR count). The molecule has 22 heteroatoms. The van der Waals surface area contributed by atoms with Gasteiger partial charge < -0.3 is 47.5 Å². The molecule has 14 nitrogen and oxygen atoms in total. The number of aryl methyl sites for hydroxylation is 6. The Hall–Kier alpha value is 0.239. The maximum atomic E-state index is 13.0. The summed E-state index contributed by atoms with van der Waals surface area (Å²) in [5.41, 5.74) is 26.0. The van der Waals surface area contributed by atoms with Crippen LogP contribution in [0.15, 0.2) is 67.0 Å². The number of fused-ring (bicyclic) bond motifs is 2. The number of carboxylic acids is 1. The van der Waals surface area contributed by atoms with Gasteiger partial charge in [-0.25, -0.2) is 14.8 Å². The molecule has 0 radical (unpaired) electrons. The van der Waals surface area contributed by atoms with Crippen LogP contribution in [0, 0.1) is 0 Å². The summed E-state index contributed by atoms with van der Waals surface area (Å²) in [5.74, 6) is 0.481. The first kappa shape index (κ1) is 64.4. The molecule has 0 aliphatic carbocycles. The Bertz CT molecular complexity index is 1990. The van der Waals surface area contributed by atoms with E-state index in [1.165, 1.54) is 47.9 Å². The van der Waals surface area contributed by atoms with E-state index in [2.05, 4.69) is 163 Å². The molecule has 2 amide bonds. The van der Waals surface area contributed by atoms with E-state index in [0.717, 1.165) is 114 Å². The zero-order valence-corrected chi connectivity index (χ0v) is 54.5. The van der Waals surface area contributed by atoms with Gasteiger partial charge in [0.1, 0.15) is 5.82 Å². The molecule has 1 saturated heterocycles. The number of urea groups is 1. The van der Waals surface area contributed by atoms with Gasteiger partial charge in [-0.1, -0.05) is 30.3 Å². The van der Waals surface area contributed by atoms with Crippen molar-refractivity contribution in [3.63, 3.8) is 0 Å². The molecular weight excluding hydrogens is 1620 g/mol. The van der Waals surface area contributed by atoms with Crippen LogP contribution in [0.25, 0.3) is 0 Å². The number of aromatic nitrogens is 3. The van der Waals surface area contributed by atoms with E-state index in [1.54, 1.807) is 28.1 Å². The van der Waals surface area contributed by atoms with Crippen LogP contribution in [0.3, 0.4) is 0 Å². The third-order valence-electron chi connectivity index (χ3n) is 11.0. The van der Waals surface area contributed by atoms with Crippen LogP contribution in [0.4, 0.5) is 16.3 Å². The fraction of sp³-hybridized carbons (Fsp3) is 0.500. The SMILES string of the molecule is COc1ccc([C@H](CC(=O)O)N2CCN(CCCc3ccc4c(n3)NCCC4)C2=O)cn1.I.NCCCc1ccc(CCCN)nc1.NCCCc1ccc2c(c1)NCCC2.[I][V]([I])[I].[I][V][I]. The first-order chi connectivity index (χ1) is 32.5. The number of nitrogens with two attached hydrogens (primary N) is 3. The molecule has 1 fully saturated rings. The third-order valence-corrected chi connectivity index (χ3v) is 11.0. The summed E-state index contributed by atoms with van der Waals surface area (Å²) in [6.45, 7) is 6.02. The van der Waals surface area contributed by atoms with Gasteiger partial charge >= 0.3 is 126 Å². The van der Waals surface area contributed by atoms with Gasteiger partial charge in [0, 0.05) is 68.3 Å². The van der Waals surface area contributed by atoms with Gasteiger partial charge in [-0.2, -0.15) is 0 Å². The fourth-order valence-corrected chi connectivity index (χ4v) is 7.65. The van der Waals surface area contributed by atoms with Crippen LogP contribution in [0.2, 0.25) is 0 Å². The number of hydrogen-bond acceptors (Lipinski definition) is 11. The molecule has 6 heterocycles. The van der Waals surface area contributed by atoms with Gasteiger partial charge in [-0.05, 0) is 143 Å². The molecule has 9 N–H and O–H groups in total. The van der Waals surface area contributed by atoms with Gasteiger partial charge in [-0.3, -0.25) is 9.78 Å². The molecule has 4 aromatic rings. The number of halogens is 6. The average molecular weight is 1690 g/mol. The number of ether oxygens (including phenoxy) is 1. The average Bonchev–Trinajstić information content (AvgIpc) is 3.70. The van der Waals surface area contributed by atoms with Crippen molar-refractivity contribution in [2.24, 2.45) is 17.2 Å². The number of nitrogens with one attached hydrogen (secondary N) is 2. The Kier molecular flexibility index (Phi) is 36.7. The second-order valence-corrected chi connectivity index (χ2v) is 62.9. The van der Waals surface area contributed by atoms with Gasteiger partial charge in [0.15, 0.2) is 0 Å². The van der Waals surface area contributed by atoms with Crippen molar-refractivity contribution in [1.29, 1.82) is 0 Å². The molecule has 0 spiro atoms. The molecule has 0 bridgehead atoms. The van der Waals surface area contributed by atoms with Crippen LogP contribution in [0.5, 0.6) is 5.88 Å². The van der Waals surface area contributed by atoms with Crippen molar-refractivity contribution in [2.45, 2.75) is 89.5 Å². The first-order valence-corrected chi connectivity index (χ1v) is 45.1. The van der Waals surface area contributed by atoms with E-state index < -0.39 is 12.0 Å². The van der Waals surface area contributed by atoms with E-state index in [9.17, 15) is 14.7 Å². The van der Waals surface area contributed by atoms with Crippen molar-refractivity contribution < 1.29 is 33.8 Å². The molecule has 1 atom stereocenters. The van der Waals surface area contributed by atoms with Crippen molar-refractivity contribution in [3.05, 3.63) is 106 Å². The summed E-state index contributed by atoms with van der Waals surface area (Å²) < 4.78 is 5.08. The molecule has 0 unspecified atom stereocenters. The van der Waals surface area contributed by atoms with Gasteiger partial charge in [0.05, 0.1) is 19.6 Å². The molecule has 377 valence electrons. The Labute approximate surface area is 487 Å². The Morgan fingerprint density at radius 2 is 1.41 bits per heavy atom. The number of pyridine rings is 3. The topological polar surface area (TPSA) is 211 Å². The van der Waals surface area contributed by atoms with Crippen molar-refractivity contribution in [3.8, 4) is 5.88 Å². The van der Waals surface area contributed by atoms with Crippen molar-refractivity contribution >= 4 is 147 Å². The summed E-state index contributed by atoms with van der Waals surface area (Å²) in [4.78, 5) is 40.9. The molecular formula is C46H67I6N10O4V2. The number of benzene rings is 1. The second-order valence-electron chi connectivity index (χ2n) is 15.8.